The van der Waals surface area contributed by atoms with Crippen molar-refractivity contribution in [1.82, 2.24) is 9.38 Å². The minimum absolute atomic E-state index is 0. The number of anilines is 1. The second-order valence-corrected chi connectivity index (χ2v) is 4.62. The van der Waals surface area contributed by atoms with Gasteiger partial charge in [-0.25, -0.2) is 4.98 Å². The normalized spacial score (nSPS) is 9.90. The summed E-state index contributed by atoms with van der Waals surface area (Å²) in [5.41, 5.74) is 12.1. The lowest BCUT2D eigenvalue weighted by Crippen LogP contribution is -1.93. The number of nitrogen functional groups attached to an aromatic ring is 1. The molecule has 106 valence electrons. The summed E-state index contributed by atoms with van der Waals surface area (Å²) in [6, 6.07) is 10.3. The quantitative estimate of drug-likeness (QED) is 0.737. The van der Waals surface area contributed by atoms with Gasteiger partial charge in [-0.3, -0.25) is 0 Å². The van der Waals surface area contributed by atoms with Gasteiger partial charge in [0.15, 0.2) is 0 Å². The number of nitrogens with zero attached hydrogens (tertiary/aromatic N) is 2. The first kappa shape index (κ1) is 16.3. The fourth-order valence-electron chi connectivity index (χ4n) is 2.14. The van der Waals surface area contributed by atoms with Crippen molar-refractivity contribution in [3.8, 4) is 11.3 Å². The number of aromatic nitrogens is 2. The van der Waals surface area contributed by atoms with Gasteiger partial charge in [-0.1, -0.05) is 24.3 Å². The van der Waals surface area contributed by atoms with Crippen molar-refractivity contribution in [1.29, 1.82) is 0 Å². The zero-order chi connectivity index (χ0) is 12.7. The van der Waals surface area contributed by atoms with Crippen LogP contribution in [-0.4, -0.2) is 9.38 Å². The summed E-state index contributed by atoms with van der Waals surface area (Å²) in [5.74, 6) is 0. The molecule has 0 bridgehead atoms. The molecule has 3 aromatic rings. The molecule has 3 rings (SSSR count). The molecule has 20 heavy (non-hydrogen) atoms. The summed E-state index contributed by atoms with van der Waals surface area (Å²) >= 11 is 0. The van der Waals surface area contributed by atoms with Crippen molar-refractivity contribution in [3.05, 3.63) is 53.9 Å². The number of benzene rings is 1. The average molecular weight is 310 g/mol. The Morgan fingerprint density at radius 1 is 1.00 bits per heavy atom. The third kappa shape index (κ3) is 2.74. The fraction of sp³-hybridized carbons (Fsp3) is 0.133. The van der Waals surface area contributed by atoms with E-state index < -0.39 is 0 Å². The van der Waals surface area contributed by atoms with Gasteiger partial charge in [0.25, 0.3) is 0 Å². The predicted octanol–water partition coefficient (Wildman–Crippen LogP) is 4.04. The van der Waals surface area contributed by atoms with Crippen molar-refractivity contribution in [2.24, 2.45) is 0 Å². The molecule has 0 amide bonds. The van der Waals surface area contributed by atoms with E-state index in [1.165, 1.54) is 5.56 Å². The van der Waals surface area contributed by atoms with Crippen LogP contribution in [0.1, 0.15) is 11.1 Å². The molecule has 2 heterocycles. The molecule has 3 nitrogen and oxygen atoms in total. The van der Waals surface area contributed by atoms with Crippen LogP contribution in [0.5, 0.6) is 0 Å². The Morgan fingerprint density at radius 3 is 2.40 bits per heavy atom. The molecule has 0 unspecified atom stereocenters. The van der Waals surface area contributed by atoms with Crippen LogP contribution in [0.4, 0.5) is 5.69 Å². The van der Waals surface area contributed by atoms with Crippen molar-refractivity contribution in [2.75, 3.05) is 5.73 Å². The van der Waals surface area contributed by atoms with E-state index in [0.717, 1.165) is 28.2 Å². The minimum Gasteiger partial charge on any atom is -0.397 e. The van der Waals surface area contributed by atoms with Crippen molar-refractivity contribution in [3.63, 3.8) is 0 Å². The lowest BCUT2D eigenvalue weighted by molar-refractivity contribution is 1.18. The first-order valence-corrected chi connectivity index (χ1v) is 5.96. The van der Waals surface area contributed by atoms with E-state index >= 15 is 0 Å². The maximum atomic E-state index is 5.92. The maximum Gasteiger partial charge on any atom is 0.137 e. The number of hydrogen-bond acceptors (Lipinski definition) is 2. The van der Waals surface area contributed by atoms with Crippen LogP contribution in [-0.2, 0) is 0 Å². The Hall–Kier alpha value is -1.71. The van der Waals surface area contributed by atoms with Crippen LogP contribution >= 0.6 is 24.8 Å². The maximum absolute atomic E-state index is 5.92. The SMILES string of the molecule is Cc1cc2nc(-c3ccccc3C)cn2cc1N.Cl.Cl. The minimum atomic E-state index is 0. The van der Waals surface area contributed by atoms with E-state index in [0.29, 0.717) is 0 Å². The van der Waals surface area contributed by atoms with Gasteiger partial charge in [0, 0.05) is 18.0 Å². The highest BCUT2D eigenvalue weighted by molar-refractivity contribution is 5.85. The molecule has 0 radical (unpaired) electrons. The molecule has 2 N–H and O–H groups in total. The molecule has 5 heteroatoms. The molecule has 0 aliphatic heterocycles. The Kier molecular flexibility index (Phi) is 5.03. The lowest BCUT2D eigenvalue weighted by atomic mass is 10.1. The molecular weight excluding hydrogens is 293 g/mol. The van der Waals surface area contributed by atoms with E-state index in [9.17, 15) is 0 Å². The molecule has 0 saturated carbocycles. The summed E-state index contributed by atoms with van der Waals surface area (Å²) in [7, 11) is 0. The van der Waals surface area contributed by atoms with Gasteiger partial charge in [0.1, 0.15) is 5.65 Å². The summed E-state index contributed by atoms with van der Waals surface area (Å²) in [6.45, 7) is 4.09. The molecular formula is C15H17Cl2N3. The van der Waals surface area contributed by atoms with Crippen LogP contribution in [0.3, 0.4) is 0 Å². The zero-order valence-corrected chi connectivity index (χ0v) is 13.0. The van der Waals surface area contributed by atoms with E-state index in [4.69, 9.17) is 5.73 Å². The zero-order valence-electron chi connectivity index (χ0n) is 11.3. The molecule has 2 aromatic heterocycles. The van der Waals surface area contributed by atoms with Crippen LogP contribution in [0.25, 0.3) is 16.9 Å². The monoisotopic (exact) mass is 309 g/mol. The van der Waals surface area contributed by atoms with Gasteiger partial charge >= 0.3 is 0 Å². The van der Waals surface area contributed by atoms with Gasteiger partial charge in [-0.15, -0.1) is 24.8 Å². The third-order valence-corrected chi connectivity index (χ3v) is 3.26. The predicted molar refractivity (Wildman–Crippen MR) is 89.0 cm³/mol. The Labute approximate surface area is 130 Å². The highest BCUT2D eigenvalue weighted by atomic mass is 35.5. The molecule has 0 fully saturated rings. The van der Waals surface area contributed by atoms with E-state index in [2.05, 4.69) is 24.0 Å². The standard InChI is InChI=1S/C15H15N3.2ClH/c1-10-5-3-4-6-12(10)14-9-18-8-13(16)11(2)7-15(18)17-14;;/h3-9H,16H2,1-2H3;2*1H. The highest BCUT2D eigenvalue weighted by Gasteiger charge is 2.07. The molecule has 0 aliphatic carbocycles. The summed E-state index contributed by atoms with van der Waals surface area (Å²) < 4.78 is 1.98. The van der Waals surface area contributed by atoms with Crippen LogP contribution in [0, 0.1) is 13.8 Å². The van der Waals surface area contributed by atoms with Crippen LogP contribution < -0.4 is 5.73 Å². The number of pyridine rings is 1. The van der Waals surface area contributed by atoms with Gasteiger partial charge in [0.2, 0.25) is 0 Å². The topological polar surface area (TPSA) is 43.3 Å². The summed E-state index contributed by atoms with van der Waals surface area (Å²) in [6.07, 6.45) is 3.94. The van der Waals surface area contributed by atoms with Crippen molar-refractivity contribution < 1.29 is 0 Å². The van der Waals surface area contributed by atoms with Gasteiger partial charge in [-0.2, -0.15) is 0 Å². The van der Waals surface area contributed by atoms with Crippen molar-refractivity contribution in [2.45, 2.75) is 13.8 Å². The van der Waals surface area contributed by atoms with Gasteiger partial charge in [-0.05, 0) is 31.0 Å². The van der Waals surface area contributed by atoms with Crippen LogP contribution in [0.15, 0.2) is 42.7 Å². The number of hydrogen-bond donors (Lipinski definition) is 1. The smallest absolute Gasteiger partial charge is 0.137 e. The number of halogens is 2. The summed E-state index contributed by atoms with van der Waals surface area (Å²) in [4.78, 5) is 4.65. The van der Waals surface area contributed by atoms with Crippen molar-refractivity contribution >= 4 is 36.1 Å². The van der Waals surface area contributed by atoms with Gasteiger partial charge < -0.3 is 10.1 Å². The largest absolute Gasteiger partial charge is 0.397 e. The first-order valence-electron chi connectivity index (χ1n) is 5.96. The molecule has 1 aromatic carbocycles. The molecule has 0 saturated heterocycles. The van der Waals surface area contributed by atoms with E-state index in [-0.39, 0.29) is 24.8 Å². The Morgan fingerprint density at radius 2 is 1.70 bits per heavy atom. The Balaban J connectivity index is 0.000001000. The van der Waals surface area contributed by atoms with E-state index in [1.807, 2.05) is 41.9 Å². The van der Waals surface area contributed by atoms with Crippen LogP contribution in [0.2, 0.25) is 0 Å². The number of aryl methyl sites for hydroxylation is 2. The summed E-state index contributed by atoms with van der Waals surface area (Å²) in [5, 5.41) is 0. The highest BCUT2D eigenvalue weighted by Crippen LogP contribution is 2.24. The van der Waals surface area contributed by atoms with E-state index in [1.54, 1.807) is 0 Å². The molecule has 0 atom stereocenters. The average Bonchev–Trinajstić information content (AvgIpc) is 2.73. The number of rotatable bonds is 1. The number of imidazole rings is 1. The second-order valence-electron chi connectivity index (χ2n) is 4.62. The third-order valence-electron chi connectivity index (χ3n) is 3.26. The number of nitrogens with two attached hydrogens (primary N) is 1. The number of fused-ring (bicyclic) bond motifs is 1. The second kappa shape index (κ2) is 6.16. The lowest BCUT2D eigenvalue weighted by Gasteiger charge is -1.99. The Bertz CT molecular complexity index is 696. The molecule has 0 spiro atoms. The fourth-order valence-corrected chi connectivity index (χ4v) is 2.14. The molecule has 0 aliphatic rings. The van der Waals surface area contributed by atoms with Gasteiger partial charge in [0.05, 0.1) is 11.4 Å². The first-order chi connectivity index (χ1) is 8.65.